The third kappa shape index (κ3) is 2.29. The van der Waals surface area contributed by atoms with E-state index in [1.165, 1.54) is 12.8 Å². The van der Waals surface area contributed by atoms with Crippen molar-refractivity contribution < 1.29 is 5.11 Å². The SMILES string of the molecule is CC1(C)CCCC(n2c(CO)nc3cc(N)ccc32)C1. The van der Waals surface area contributed by atoms with Gasteiger partial charge in [0.2, 0.25) is 0 Å². The second-order valence-electron chi connectivity index (χ2n) is 6.72. The van der Waals surface area contributed by atoms with Crippen LogP contribution < -0.4 is 5.73 Å². The van der Waals surface area contributed by atoms with E-state index in [4.69, 9.17) is 5.73 Å². The average molecular weight is 273 g/mol. The Kier molecular flexibility index (Phi) is 3.21. The Hall–Kier alpha value is -1.55. The molecule has 0 aliphatic heterocycles. The number of nitrogens with zero attached hydrogens (tertiary/aromatic N) is 2. The summed E-state index contributed by atoms with van der Waals surface area (Å²) in [4.78, 5) is 4.55. The lowest BCUT2D eigenvalue weighted by molar-refractivity contribution is 0.176. The third-order valence-electron chi connectivity index (χ3n) is 4.47. The zero-order chi connectivity index (χ0) is 14.3. The van der Waals surface area contributed by atoms with E-state index in [2.05, 4.69) is 23.4 Å². The molecule has 1 saturated carbocycles. The van der Waals surface area contributed by atoms with E-state index in [9.17, 15) is 5.11 Å². The number of aliphatic hydroxyl groups is 1. The molecule has 3 N–H and O–H groups in total. The Morgan fingerprint density at radius 2 is 2.25 bits per heavy atom. The van der Waals surface area contributed by atoms with Gasteiger partial charge in [0.15, 0.2) is 0 Å². The molecule has 1 aromatic carbocycles. The van der Waals surface area contributed by atoms with Crippen molar-refractivity contribution in [2.24, 2.45) is 5.41 Å². The number of benzene rings is 1. The highest BCUT2D eigenvalue weighted by atomic mass is 16.3. The van der Waals surface area contributed by atoms with Crippen LogP contribution in [-0.4, -0.2) is 14.7 Å². The van der Waals surface area contributed by atoms with Gasteiger partial charge in [0.25, 0.3) is 0 Å². The van der Waals surface area contributed by atoms with Crippen LogP contribution in [0.3, 0.4) is 0 Å². The molecule has 0 saturated heterocycles. The van der Waals surface area contributed by atoms with Gasteiger partial charge in [0.1, 0.15) is 12.4 Å². The van der Waals surface area contributed by atoms with Crippen molar-refractivity contribution in [1.29, 1.82) is 0 Å². The summed E-state index contributed by atoms with van der Waals surface area (Å²) in [5.74, 6) is 0.758. The van der Waals surface area contributed by atoms with E-state index in [1.54, 1.807) is 0 Å². The number of fused-ring (bicyclic) bond motifs is 1. The number of imidazole rings is 1. The van der Waals surface area contributed by atoms with Gasteiger partial charge in [-0.15, -0.1) is 0 Å². The van der Waals surface area contributed by atoms with Crippen LogP contribution in [-0.2, 0) is 6.61 Å². The maximum Gasteiger partial charge on any atom is 0.135 e. The Morgan fingerprint density at radius 1 is 1.45 bits per heavy atom. The first-order chi connectivity index (χ1) is 9.50. The smallest absolute Gasteiger partial charge is 0.135 e. The highest BCUT2D eigenvalue weighted by Gasteiger charge is 2.30. The van der Waals surface area contributed by atoms with Gasteiger partial charge in [-0.25, -0.2) is 4.98 Å². The topological polar surface area (TPSA) is 64.1 Å². The second kappa shape index (κ2) is 4.77. The van der Waals surface area contributed by atoms with Gasteiger partial charge in [-0.3, -0.25) is 0 Å². The largest absolute Gasteiger partial charge is 0.399 e. The minimum absolute atomic E-state index is 0.0223. The average Bonchev–Trinajstić information content (AvgIpc) is 2.74. The minimum atomic E-state index is -0.0223. The van der Waals surface area contributed by atoms with E-state index in [-0.39, 0.29) is 6.61 Å². The quantitative estimate of drug-likeness (QED) is 0.825. The molecule has 1 aliphatic carbocycles. The summed E-state index contributed by atoms with van der Waals surface area (Å²) >= 11 is 0. The highest BCUT2D eigenvalue weighted by Crippen LogP contribution is 2.42. The summed E-state index contributed by atoms with van der Waals surface area (Å²) in [6.45, 7) is 4.63. The molecule has 0 bridgehead atoms. The minimum Gasteiger partial charge on any atom is -0.399 e. The number of anilines is 1. The Morgan fingerprint density at radius 3 is 2.95 bits per heavy atom. The first-order valence-electron chi connectivity index (χ1n) is 7.37. The summed E-state index contributed by atoms with van der Waals surface area (Å²) < 4.78 is 2.23. The zero-order valence-electron chi connectivity index (χ0n) is 12.3. The molecule has 1 unspecified atom stereocenters. The first kappa shape index (κ1) is 13.4. The molecule has 1 aromatic heterocycles. The number of hydrogen-bond acceptors (Lipinski definition) is 3. The molecule has 1 atom stereocenters. The molecule has 0 spiro atoms. The number of aliphatic hydroxyl groups excluding tert-OH is 1. The van der Waals surface area contributed by atoms with Gasteiger partial charge in [-0.1, -0.05) is 20.3 Å². The van der Waals surface area contributed by atoms with Crippen molar-refractivity contribution in [3.8, 4) is 0 Å². The molecule has 0 radical (unpaired) electrons. The predicted octanol–water partition coefficient (Wildman–Crippen LogP) is 3.25. The van der Waals surface area contributed by atoms with E-state index >= 15 is 0 Å². The van der Waals surface area contributed by atoms with Gasteiger partial charge in [-0.2, -0.15) is 0 Å². The van der Waals surface area contributed by atoms with Gasteiger partial charge in [0.05, 0.1) is 11.0 Å². The van der Waals surface area contributed by atoms with E-state index in [1.807, 2.05) is 18.2 Å². The molecule has 4 nitrogen and oxygen atoms in total. The molecular weight excluding hydrogens is 250 g/mol. The van der Waals surface area contributed by atoms with Crippen LogP contribution in [0, 0.1) is 5.41 Å². The molecule has 20 heavy (non-hydrogen) atoms. The van der Waals surface area contributed by atoms with E-state index in [0.29, 0.717) is 11.5 Å². The van der Waals surface area contributed by atoms with Crippen LogP contribution in [0.5, 0.6) is 0 Å². The number of nitrogens with two attached hydrogens (primary N) is 1. The number of nitrogen functional groups attached to an aromatic ring is 1. The van der Waals surface area contributed by atoms with Gasteiger partial charge in [-0.05, 0) is 42.9 Å². The monoisotopic (exact) mass is 273 g/mol. The zero-order valence-corrected chi connectivity index (χ0v) is 12.3. The molecule has 1 heterocycles. The number of rotatable bonds is 2. The van der Waals surface area contributed by atoms with Crippen molar-refractivity contribution in [2.45, 2.75) is 52.2 Å². The fraction of sp³-hybridized carbons (Fsp3) is 0.562. The van der Waals surface area contributed by atoms with Crippen molar-refractivity contribution in [2.75, 3.05) is 5.73 Å². The number of aromatic nitrogens is 2. The van der Waals surface area contributed by atoms with Crippen LogP contribution in [0.2, 0.25) is 0 Å². The number of hydrogen-bond donors (Lipinski definition) is 2. The van der Waals surface area contributed by atoms with E-state index in [0.717, 1.165) is 35.4 Å². The third-order valence-corrected chi connectivity index (χ3v) is 4.47. The van der Waals surface area contributed by atoms with Gasteiger partial charge >= 0.3 is 0 Å². The van der Waals surface area contributed by atoms with Crippen molar-refractivity contribution in [3.63, 3.8) is 0 Å². The summed E-state index contributed by atoms with van der Waals surface area (Å²) in [6.07, 6.45) is 4.80. The maximum atomic E-state index is 9.63. The molecule has 0 amide bonds. The highest BCUT2D eigenvalue weighted by molar-refractivity contribution is 5.79. The molecule has 4 heteroatoms. The van der Waals surface area contributed by atoms with Crippen molar-refractivity contribution in [3.05, 3.63) is 24.0 Å². The van der Waals surface area contributed by atoms with Crippen LogP contribution in [0.4, 0.5) is 5.69 Å². The lowest BCUT2D eigenvalue weighted by Crippen LogP contribution is -2.26. The lowest BCUT2D eigenvalue weighted by Gasteiger charge is -2.36. The molecule has 1 fully saturated rings. The molecular formula is C16H23N3O. The predicted molar refractivity (Wildman–Crippen MR) is 81.4 cm³/mol. The van der Waals surface area contributed by atoms with Gasteiger partial charge in [0, 0.05) is 11.7 Å². The van der Waals surface area contributed by atoms with Crippen LogP contribution >= 0.6 is 0 Å². The van der Waals surface area contributed by atoms with Crippen molar-refractivity contribution >= 4 is 16.7 Å². The Labute approximate surface area is 119 Å². The summed E-state index contributed by atoms with van der Waals surface area (Å²) in [5.41, 5.74) is 8.89. The fourth-order valence-electron chi connectivity index (χ4n) is 3.56. The fourth-order valence-corrected chi connectivity index (χ4v) is 3.56. The van der Waals surface area contributed by atoms with Crippen LogP contribution in [0.15, 0.2) is 18.2 Å². The molecule has 2 aromatic rings. The molecule has 3 rings (SSSR count). The standard InChI is InChI=1S/C16H23N3O/c1-16(2)7-3-4-12(9-16)19-14-6-5-11(17)8-13(14)18-15(19)10-20/h5-6,8,12,20H,3-4,7,9-10,17H2,1-2H3. The van der Waals surface area contributed by atoms with Crippen LogP contribution in [0.1, 0.15) is 51.4 Å². The Bertz CT molecular complexity index is 630. The summed E-state index contributed by atoms with van der Waals surface area (Å²) in [5, 5.41) is 9.63. The normalized spacial score (nSPS) is 22.2. The summed E-state index contributed by atoms with van der Waals surface area (Å²) in [7, 11) is 0. The second-order valence-corrected chi connectivity index (χ2v) is 6.72. The summed E-state index contributed by atoms with van der Waals surface area (Å²) in [6, 6.07) is 6.25. The Balaban J connectivity index is 2.09. The maximum absolute atomic E-state index is 9.63. The molecule has 108 valence electrons. The van der Waals surface area contributed by atoms with E-state index < -0.39 is 0 Å². The molecule has 1 aliphatic rings. The van der Waals surface area contributed by atoms with Crippen molar-refractivity contribution in [1.82, 2.24) is 9.55 Å². The first-order valence-corrected chi connectivity index (χ1v) is 7.37. The lowest BCUT2D eigenvalue weighted by atomic mass is 9.75. The van der Waals surface area contributed by atoms with Gasteiger partial charge < -0.3 is 15.4 Å². The van der Waals surface area contributed by atoms with Crippen LogP contribution in [0.25, 0.3) is 11.0 Å².